The van der Waals surface area contributed by atoms with Crippen LogP contribution in [0.4, 0.5) is 0 Å². The number of piperidine rings is 3. The van der Waals surface area contributed by atoms with Crippen LogP contribution in [0.15, 0.2) is 98.5 Å². The summed E-state index contributed by atoms with van der Waals surface area (Å²) in [6, 6.07) is 29.5. The van der Waals surface area contributed by atoms with Gasteiger partial charge in [0, 0.05) is 60.0 Å². The van der Waals surface area contributed by atoms with Crippen LogP contribution in [0.3, 0.4) is 0 Å². The van der Waals surface area contributed by atoms with Crippen LogP contribution >= 0.6 is 24.8 Å². The zero-order valence-corrected chi connectivity index (χ0v) is 61.5. The number of benzene rings is 5. The Bertz CT molecular complexity index is 3550. The summed E-state index contributed by atoms with van der Waals surface area (Å²) in [6.07, 6.45) is 21.7. The van der Waals surface area contributed by atoms with Crippen molar-refractivity contribution < 1.29 is 37.3 Å². The van der Waals surface area contributed by atoms with E-state index < -0.39 is 0 Å². The molecule has 1 N–H and O–H groups in total. The molecule has 14 rings (SSSR count). The molecule has 0 amide bonds. The Morgan fingerprint density at radius 2 is 0.714 bits per heavy atom. The van der Waals surface area contributed by atoms with Crippen molar-refractivity contribution in [2.45, 2.75) is 148 Å². The normalized spacial score (nSPS) is 17.4. The van der Waals surface area contributed by atoms with Crippen LogP contribution in [0.1, 0.15) is 141 Å². The predicted molar refractivity (Wildman–Crippen MR) is 396 cm³/mol. The third-order valence-corrected chi connectivity index (χ3v) is 20.7. The van der Waals surface area contributed by atoms with Gasteiger partial charge in [0.1, 0.15) is 28.7 Å². The number of hydrogen-bond acceptors (Lipinski definition) is 17. The highest BCUT2D eigenvalue weighted by molar-refractivity contribution is 5.87. The Hall–Kier alpha value is -6.15. The van der Waals surface area contributed by atoms with Crippen LogP contribution in [0.25, 0.3) is 32.9 Å². The third-order valence-electron chi connectivity index (χ3n) is 20.7. The number of nitrogens with one attached hydrogen (secondary N) is 1. The van der Waals surface area contributed by atoms with Gasteiger partial charge in [0.2, 0.25) is 0 Å². The van der Waals surface area contributed by atoms with Gasteiger partial charge in [-0.05, 0) is 281 Å². The van der Waals surface area contributed by atoms with Crippen LogP contribution in [0, 0.1) is 35.5 Å². The van der Waals surface area contributed by atoms with Gasteiger partial charge in [-0.15, -0.1) is 24.8 Å². The summed E-state index contributed by atoms with van der Waals surface area (Å²) in [5, 5.41) is 20.4. The van der Waals surface area contributed by atoms with Gasteiger partial charge in [-0.25, -0.2) is 0 Å². The number of fused-ring (bicyclic) bond motifs is 3. The molecule has 0 bridgehead atoms. The molecule has 3 aromatic heterocycles. The Morgan fingerprint density at radius 1 is 0.398 bits per heavy atom. The first kappa shape index (κ1) is 74.5. The molecule has 3 saturated heterocycles. The zero-order chi connectivity index (χ0) is 66.3. The summed E-state index contributed by atoms with van der Waals surface area (Å²) in [5.74, 6) is 9.30. The number of aromatic nitrogens is 3. The summed E-state index contributed by atoms with van der Waals surface area (Å²) in [6.45, 7) is 13.6. The summed E-state index contributed by atoms with van der Waals surface area (Å²) >= 11 is 0. The van der Waals surface area contributed by atoms with Gasteiger partial charge in [-0.1, -0.05) is 51.9 Å². The molecule has 3 saturated carbocycles. The lowest BCUT2D eigenvalue weighted by molar-refractivity contribution is 0.170. The van der Waals surface area contributed by atoms with Crippen molar-refractivity contribution in [1.29, 1.82) is 0 Å². The molecular formula is C79H111Cl2N9O8. The highest BCUT2D eigenvalue weighted by Gasteiger charge is 2.29. The first-order valence-electron chi connectivity index (χ1n) is 36.3. The number of methoxy groups -OCH3 is 2. The minimum Gasteiger partial charge on any atom is -0.496 e. The molecule has 6 aliphatic rings. The van der Waals surface area contributed by atoms with Gasteiger partial charge < -0.3 is 57.3 Å². The van der Waals surface area contributed by atoms with Crippen LogP contribution in [-0.2, 0) is 52.0 Å². The monoisotopic (exact) mass is 1380 g/mol. The lowest BCUT2D eigenvalue weighted by Gasteiger charge is -2.32. The van der Waals surface area contributed by atoms with E-state index >= 15 is 0 Å². The fourth-order valence-corrected chi connectivity index (χ4v) is 14.3. The Labute approximate surface area is 595 Å². The van der Waals surface area contributed by atoms with E-state index in [1.54, 1.807) is 14.2 Å². The molecule has 3 aliphatic carbocycles. The summed E-state index contributed by atoms with van der Waals surface area (Å²) in [4.78, 5) is 11.6. The van der Waals surface area contributed by atoms with Gasteiger partial charge in [-0.3, -0.25) is 9.80 Å². The molecule has 17 nitrogen and oxygen atoms in total. The molecule has 0 radical (unpaired) electrons. The molecule has 534 valence electrons. The van der Waals surface area contributed by atoms with Crippen molar-refractivity contribution in [2.75, 3.05) is 116 Å². The maximum absolute atomic E-state index is 6.17. The molecule has 0 unspecified atom stereocenters. The van der Waals surface area contributed by atoms with Crippen LogP contribution < -0.4 is 29.0 Å². The first-order valence-corrected chi connectivity index (χ1v) is 36.3. The second kappa shape index (κ2) is 36.5. The first-order chi connectivity index (χ1) is 46.9. The number of ether oxygens (including phenoxy) is 5. The molecular weight excluding hydrogens is 1270 g/mol. The Balaban J connectivity index is 0.000000160. The van der Waals surface area contributed by atoms with Gasteiger partial charge in [0.05, 0.1) is 67.8 Å². The number of para-hydroxylation sites is 2. The van der Waals surface area contributed by atoms with Crippen molar-refractivity contribution >= 4 is 57.7 Å². The zero-order valence-electron chi connectivity index (χ0n) is 59.8. The lowest BCUT2D eigenvalue weighted by Crippen LogP contribution is -2.33. The number of likely N-dealkylation sites (tertiary alicyclic amines) is 2. The van der Waals surface area contributed by atoms with Gasteiger partial charge in [0.15, 0.2) is 16.7 Å². The molecule has 0 atom stereocenters. The largest absolute Gasteiger partial charge is 0.496 e. The maximum Gasteiger partial charge on any atom is 0.175 e. The molecule has 6 heterocycles. The van der Waals surface area contributed by atoms with Gasteiger partial charge in [-0.2, -0.15) is 0 Å². The number of halogens is 2. The SMILES string of the molecule is CN(C)Cc1c(OCC2CC2)ccc2c(CCC3CCNCC3)noc12.COc1ccccc1CN1CCC(CCc2noc3c(CN(C)C)c(OCC4CC4)ccc23)CC1.COc1ccccc1CN1CCC(CCc2noc3c(CN(C)C)c(OCC4CC4)ccc23)CC1.Cl.Cl. The molecule has 5 aromatic carbocycles. The maximum atomic E-state index is 6.17. The van der Waals surface area contributed by atoms with Crippen molar-refractivity contribution in [3.8, 4) is 28.7 Å². The van der Waals surface area contributed by atoms with Crippen molar-refractivity contribution in [2.24, 2.45) is 35.5 Å². The highest BCUT2D eigenvalue weighted by Crippen LogP contribution is 2.40. The van der Waals surface area contributed by atoms with Gasteiger partial charge in [0.25, 0.3) is 0 Å². The number of nitrogens with zero attached hydrogens (tertiary/aromatic N) is 8. The topological polar surface area (TPSA) is 152 Å². The van der Waals surface area contributed by atoms with E-state index in [1.807, 2.05) is 12.1 Å². The molecule has 19 heteroatoms. The average molecular weight is 1390 g/mol. The van der Waals surface area contributed by atoms with Crippen LogP contribution in [0.2, 0.25) is 0 Å². The fraction of sp³-hybridized carbons (Fsp3) is 0.582. The Kier molecular flexibility index (Phi) is 27.7. The second-order valence-corrected chi connectivity index (χ2v) is 29.5. The number of rotatable bonds is 30. The summed E-state index contributed by atoms with van der Waals surface area (Å²) in [7, 11) is 16.0. The van der Waals surface area contributed by atoms with E-state index in [1.165, 1.54) is 94.6 Å². The van der Waals surface area contributed by atoms with Crippen molar-refractivity contribution in [3.05, 3.63) is 130 Å². The minimum absolute atomic E-state index is 0. The quantitative estimate of drug-likeness (QED) is 0.0454. The average Bonchev–Trinajstić information content (AvgIpc) is 1.77. The second-order valence-electron chi connectivity index (χ2n) is 29.5. The predicted octanol–water partition coefficient (Wildman–Crippen LogP) is 15.5. The van der Waals surface area contributed by atoms with E-state index in [-0.39, 0.29) is 24.8 Å². The van der Waals surface area contributed by atoms with E-state index in [0.717, 1.165) is 255 Å². The lowest BCUT2D eigenvalue weighted by atomic mass is 9.91. The van der Waals surface area contributed by atoms with Gasteiger partial charge >= 0.3 is 0 Å². The Morgan fingerprint density at radius 3 is 1.02 bits per heavy atom. The summed E-state index contributed by atoms with van der Waals surface area (Å²) < 4.78 is 47.2. The fourth-order valence-electron chi connectivity index (χ4n) is 14.3. The van der Waals surface area contributed by atoms with Crippen molar-refractivity contribution in [3.63, 3.8) is 0 Å². The smallest absolute Gasteiger partial charge is 0.175 e. The number of aryl methyl sites for hydroxylation is 3. The molecule has 6 fully saturated rings. The van der Waals surface area contributed by atoms with E-state index in [0.29, 0.717) is 0 Å². The molecule has 98 heavy (non-hydrogen) atoms. The van der Waals surface area contributed by atoms with Crippen LogP contribution in [-0.4, -0.2) is 156 Å². The standard InChI is InChI=1S/2C29H39N3O3.C21H31N3O2.2ClH/c2*1-31(2)19-25-28(34-20-22-8-9-22)13-11-24-26(30-35-29(24)25)12-10-21-14-16-32(17-15-21)18-23-6-4-5-7-27(23)33-3;1-24(2)13-18-20(25-14-16-3-4-16)8-6-17-19(23-26-21(17)18)7-5-15-9-11-22-12-10-15;;/h2*4-7,11,13,21-22H,8-10,12,14-20H2,1-3H3;6,8,15-16,22H,3-5,7,9-14H2,1-2H3;2*1H. The highest BCUT2D eigenvalue weighted by atomic mass is 35.5. The summed E-state index contributed by atoms with van der Waals surface area (Å²) in [5.41, 5.74) is 11.9. The van der Waals surface area contributed by atoms with Crippen LogP contribution in [0.5, 0.6) is 28.7 Å². The molecule has 0 spiro atoms. The third kappa shape index (κ3) is 20.8. The molecule has 3 aliphatic heterocycles. The van der Waals surface area contributed by atoms with E-state index in [9.17, 15) is 0 Å². The van der Waals surface area contributed by atoms with Crippen molar-refractivity contribution in [1.82, 2.24) is 45.3 Å². The minimum atomic E-state index is 0. The van der Waals surface area contributed by atoms with E-state index in [2.05, 4.69) is 160 Å². The molecule has 8 aromatic rings. The number of hydrogen-bond donors (Lipinski definition) is 1. The van der Waals surface area contributed by atoms with E-state index in [4.69, 9.17) is 37.3 Å².